The zero-order chi connectivity index (χ0) is 23.4. The van der Waals surface area contributed by atoms with Gasteiger partial charge in [-0.15, -0.1) is 6.58 Å². The molecule has 0 aliphatic carbocycles. The van der Waals surface area contributed by atoms with Crippen LogP contribution in [0.15, 0.2) is 64.3 Å². The molecule has 0 aliphatic rings. The lowest BCUT2D eigenvalue weighted by Gasteiger charge is -2.07. The third-order valence-corrected chi connectivity index (χ3v) is 4.13. The van der Waals surface area contributed by atoms with Gasteiger partial charge in [0.05, 0.1) is 21.5 Å². The number of hydrogen-bond donors (Lipinski definition) is 1. The highest BCUT2D eigenvalue weighted by molar-refractivity contribution is 5.97. The van der Waals surface area contributed by atoms with Crippen LogP contribution < -0.4 is 15.7 Å². The highest BCUT2D eigenvalue weighted by atomic mass is 16.6. The second-order valence-corrected chi connectivity index (χ2v) is 6.29. The van der Waals surface area contributed by atoms with Gasteiger partial charge >= 0.3 is 11.6 Å². The smallest absolute Gasteiger partial charge is 0.349 e. The van der Waals surface area contributed by atoms with Crippen LogP contribution in [-0.4, -0.2) is 28.3 Å². The lowest BCUT2D eigenvalue weighted by atomic mass is 10.1. The van der Waals surface area contributed by atoms with Gasteiger partial charge in [0.25, 0.3) is 17.3 Å². The number of nitro benzene ring substituents is 2. The molecule has 3 aromatic rings. The Morgan fingerprint density at radius 3 is 2.31 bits per heavy atom. The number of non-ortho nitro benzene ring substituents is 2. The van der Waals surface area contributed by atoms with Gasteiger partial charge in [-0.05, 0) is 18.2 Å². The number of nitro groups is 2. The number of carbonyl (C=O) groups is 2. The monoisotopic (exact) mass is 439 g/mol. The minimum absolute atomic E-state index is 0.00518. The lowest BCUT2D eigenvalue weighted by molar-refractivity contribution is -0.394. The van der Waals surface area contributed by atoms with Crippen LogP contribution in [0.5, 0.6) is 5.75 Å². The highest BCUT2D eigenvalue weighted by Crippen LogP contribution is 2.25. The van der Waals surface area contributed by atoms with Gasteiger partial charge in [0.1, 0.15) is 16.9 Å². The molecule has 0 aliphatic heterocycles. The maximum absolute atomic E-state index is 12.4. The van der Waals surface area contributed by atoms with Crippen molar-refractivity contribution in [1.82, 2.24) is 5.32 Å². The van der Waals surface area contributed by atoms with Gasteiger partial charge in [-0.3, -0.25) is 25.0 Å². The molecule has 0 saturated heterocycles. The number of fused-ring (bicyclic) bond motifs is 1. The summed E-state index contributed by atoms with van der Waals surface area (Å²) in [7, 11) is 0. The predicted octanol–water partition coefficient (Wildman–Crippen LogP) is 2.74. The molecule has 32 heavy (non-hydrogen) atoms. The average molecular weight is 439 g/mol. The summed E-state index contributed by atoms with van der Waals surface area (Å²) in [5.41, 5.74) is -2.87. The maximum Gasteiger partial charge on any atom is 0.349 e. The van der Waals surface area contributed by atoms with Crippen LogP contribution in [-0.2, 0) is 0 Å². The zero-order valence-corrected chi connectivity index (χ0v) is 16.1. The van der Waals surface area contributed by atoms with Crippen molar-refractivity contribution in [2.75, 3.05) is 6.54 Å². The van der Waals surface area contributed by atoms with Crippen LogP contribution in [0.25, 0.3) is 11.0 Å². The Labute approximate surface area is 178 Å². The molecular weight excluding hydrogens is 426 g/mol. The Kier molecular flexibility index (Phi) is 6.05. The largest absolute Gasteiger partial charge is 0.423 e. The van der Waals surface area contributed by atoms with Crippen LogP contribution >= 0.6 is 0 Å². The van der Waals surface area contributed by atoms with Gasteiger partial charge in [0, 0.05) is 30.1 Å². The molecule has 3 rings (SSSR count). The molecule has 1 N–H and O–H groups in total. The number of hydrogen-bond acceptors (Lipinski definition) is 9. The van der Waals surface area contributed by atoms with E-state index < -0.39 is 44.3 Å². The fraction of sp³-hybridized carbons (Fsp3) is 0.0500. The maximum atomic E-state index is 12.4. The topological polar surface area (TPSA) is 172 Å². The van der Waals surface area contributed by atoms with E-state index in [-0.39, 0.29) is 23.4 Å². The number of benzene rings is 2. The molecule has 12 nitrogen and oxygen atoms in total. The van der Waals surface area contributed by atoms with Crippen molar-refractivity contribution in [3.63, 3.8) is 0 Å². The third kappa shape index (κ3) is 4.64. The molecule has 2 aromatic carbocycles. The first kappa shape index (κ1) is 21.8. The third-order valence-electron chi connectivity index (χ3n) is 4.13. The first-order valence-corrected chi connectivity index (χ1v) is 8.82. The summed E-state index contributed by atoms with van der Waals surface area (Å²) in [5.74, 6) is -1.84. The Balaban J connectivity index is 1.91. The summed E-state index contributed by atoms with van der Waals surface area (Å²) < 4.78 is 10.2. The number of nitrogens with one attached hydrogen (secondary N) is 1. The van der Waals surface area contributed by atoms with Gasteiger partial charge in [0.15, 0.2) is 0 Å². The molecule has 0 spiro atoms. The van der Waals surface area contributed by atoms with Crippen molar-refractivity contribution in [1.29, 1.82) is 0 Å². The number of ether oxygens (including phenoxy) is 1. The molecule has 0 radical (unpaired) electrons. The van der Waals surface area contributed by atoms with Crippen molar-refractivity contribution < 1.29 is 28.6 Å². The van der Waals surface area contributed by atoms with Crippen LogP contribution in [0.3, 0.4) is 0 Å². The molecule has 162 valence electrons. The Morgan fingerprint density at radius 2 is 1.72 bits per heavy atom. The van der Waals surface area contributed by atoms with Gasteiger partial charge < -0.3 is 14.5 Å². The van der Waals surface area contributed by atoms with Crippen molar-refractivity contribution >= 4 is 34.2 Å². The van der Waals surface area contributed by atoms with Crippen LogP contribution in [0, 0.1) is 20.2 Å². The molecule has 1 aromatic heterocycles. The van der Waals surface area contributed by atoms with Gasteiger partial charge in [-0.25, -0.2) is 9.59 Å². The second-order valence-electron chi connectivity index (χ2n) is 6.29. The summed E-state index contributed by atoms with van der Waals surface area (Å²) >= 11 is 0. The summed E-state index contributed by atoms with van der Waals surface area (Å²) in [6, 6.07) is 7.64. The Morgan fingerprint density at radius 1 is 1.06 bits per heavy atom. The average Bonchev–Trinajstić information content (AvgIpc) is 2.76. The molecule has 0 saturated carbocycles. The van der Waals surface area contributed by atoms with Crippen molar-refractivity contribution in [2.45, 2.75) is 0 Å². The highest BCUT2D eigenvalue weighted by Gasteiger charge is 2.21. The molecule has 1 heterocycles. The fourth-order valence-electron chi connectivity index (χ4n) is 2.66. The zero-order valence-electron chi connectivity index (χ0n) is 16.1. The normalized spacial score (nSPS) is 10.4. The van der Waals surface area contributed by atoms with E-state index >= 15 is 0 Å². The van der Waals surface area contributed by atoms with Gasteiger partial charge in [-0.2, -0.15) is 0 Å². The van der Waals surface area contributed by atoms with E-state index in [2.05, 4.69) is 11.9 Å². The molecule has 0 unspecified atom stereocenters. The standard InChI is InChI=1S/C20H13N3O9/c1-2-5-21-18(24)16-8-11-3-4-15(10-17(11)32-20(16)26)31-19(25)12-6-13(22(27)28)9-14(7-12)23(29)30/h2-4,6-10H,1,5H2,(H,21,24). The SMILES string of the molecule is C=CCNC(=O)c1cc2ccc(OC(=O)c3cc([N+](=O)[O-])cc([N+](=O)[O-])c3)cc2oc1=O. The summed E-state index contributed by atoms with van der Waals surface area (Å²) in [6.45, 7) is 3.61. The fourth-order valence-corrected chi connectivity index (χ4v) is 2.66. The van der Waals surface area contributed by atoms with Crippen molar-refractivity contribution in [3.05, 3.63) is 96.9 Å². The van der Waals surface area contributed by atoms with E-state index in [9.17, 15) is 34.6 Å². The van der Waals surface area contributed by atoms with E-state index in [0.717, 1.165) is 12.1 Å². The lowest BCUT2D eigenvalue weighted by Crippen LogP contribution is -2.28. The molecular formula is C20H13N3O9. The predicted molar refractivity (Wildman–Crippen MR) is 110 cm³/mol. The summed E-state index contributed by atoms with van der Waals surface area (Å²) in [5, 5.41) is 24.8. The second kappa shape index (κ2) is 8.87. The number of nitrogens with zero attached hydrogens (tertiary/aromatic N) is 2. The number of carbonyl (C=O) groups excluding carboxylic acids is 2. The van der Waals surface area contributed by atoms with E-state index in [1.165, 1.54) is 30.3 Å². The molecule has 1 amide bonds. The Hall–Kier alpha value is -4.87. The van der Waals surface area contributed by atoms with E-state index in [1.54, 1.807) is 0 Å². The molecule has 0 bridgehead atoms. The van der Waals surface area contributed by atoms with Crippen molar-refractivity contribution in [2.24, 2.45) is 0 Å². The van der Waals surface area contributed by atoms with Crippen LogP contribution in [0.1, 0.15) is 20.7 Å². The van der Waals surface area contributed by atoms with Crippen molar-refractivity contribution in [3.8, 4) is 5.75 Å². The van der Waals surface area contributed by atoms with E-state index in [1.807, 2.05) is 0 Å². The number of amides is 1. The van der Waals surface area contributed by atoms with Crippen LogP contribution in [0.2, 0.25) is 0 Å². The Bertz CT molecular complexity index is 1310. The minimum atomic E-state index is -1.10. The van der Waals surface area contributed by atoms with Crippen LogP contribution in [0.4, 0.5) is 11.4 Å². The van der Waals surface area contributed by atoms with E-state index in [4.69, 9.17) is 9.15 Å². The first-order chi connectivity index (χ1) is 15.2. The summed E-state index contributed by atoms with van der Waals surface area (Å²) in [6.07, 6.45) is 1.44. The molecule has 12 heteroatoms. The van der Waals surface area contributed by atoms with Gasteiger partial charge in [0.2, 0.25) is 0 Å². The summed E-state index contributed by atoms with van der Waals surface area (Å²) in [4.78, 5) is 56.7. The first-order valence-electron chi connectivity index (χ1n) is 8.82. The number of rotatable bonds is 7. The number of esters is 1. The van der Waals surface area contributed by atoms with E-state index in [0.29, 0.717) is 11.5 Å². The molecule has 0 fully saturated rings. The quantitative estimate of drug-likeness (QED) is 0.145. The van der Waals surface area contributed by atoms with Gasteiger partial charge in [-0.1, -0.05) is 6.08 Å². The minimum Gasteiger partial charge on any atom is -0.423 e. The molecule has 0 atom stereocenters.